The van der Waals surface area contributed by atoms with Crippen molar-refractivity contribution in [3.05, 3.63) is 72.3 Å². The molecule has 3 aromatic rings. The van der Waals surface area contributed by atoms with Crippen molar-refractivity contribution in [2.45, 2.75) is 25.3 Å². The van der Waals surface area contributed by atoms with Crippen LogP contribution in [0.25, 0.3) is 0 Å². The van der Waals surface area contributed by atoms with Crippen LogP contribution < -0.4 is 10.1 Å². The van der Waals surface area contributed by atoms with Gasteiger partial charge in [0.1, 0.15) is 18.4 Å². The predicted octanol–water partition coefficient (Wildman–Crippen LogP) is 2.75. The zero-order valence-electron chi connectivity index (χ0n) is 14.5. The van der Waals surface area contributed by atoms with Crippen molar-refractivity contribution < 1.29 is 14.3 Å². The number of carbonyl (C=O) groups is 2. The van der Waals surface area contributed by atoms with Crippen LogP contribution in [0, 0.1) is 0 Å². The number of ether oxygens (including phenoxy) is 1. The van der Waals surface area contributed by atoms with Crippen LogP contribution in [-0.4, -0.2) is 26.6 Å². The second kappa shape index (κ2) is 7.41. The molecule has 27 heavy (non-hydrogen) atoms. The van der Waals surface area contributed by atoms with Crippen LogP contribution in [0.4, 0.5) is 5.69 Å². The molecule has 0 spiro atoms. The number of fused-ring (bicyclic) bond motifs is 1. The summed E-state index contributed by atoms with van der Waals surface area (Å²) in [6, 6.07) is 14.9. The van der Waals surface area contributed by atoms with E-state index < -0.39 is 0 Å². The lowest BCUT2D eigenvalue weighted by atomic mass is 9.89. The molecule has 0 fully saturated rings. The average molecular weight is 362 g/mol. The quantitative estimate of drug-likeness (QED) is 0.557. The fourth-order valence-corrected chi connectivity index (χ4v) is 3.20. The second-order valence-corrected chi connectivity index (χ2v) is 6.46. The third kappa shape index (κ3) is 4.03. The molecule has 2 aromatic carbocycles. The summed E-state index contributed by atoms with van der Waals surface area (Å²) in [5, 5.41) is 6.97. The SMILES string of the molecule is O=C(C[C@@H]1CC(=O)Oc2ccccc21)Nc1ccc(Cn2cncn2)cc1. The third-order valence-corrected chi connectivity index (χ3v) is 4.48. The highest BCUT2D eigenvalue weighted by Gasteiger charge is 2.28. The van der Waals surface area contributed by atoms with Crippen molar-refractivity contribution >= 4 is 17.6 Å². The lowest BCUT2D eigenvalue weighted by Crippen LogP contribution is -2.24. The third-order valence-electron chi connectivity index (χ3n) is 4.48. The van der Waals surface area contributed by atoms with E-state index in [2.05, 4.69) is 15.4 Å². The molecular weight excluding hydrogens is 344 g/mol. The molecule has 0 radical (unpaired) electrons. The van der Waals surface area contributed by atoms with Crippen LogP contribution in [0.3, 0.4) is 0 Å². The molecule has 1 aliphatic rings. The Balaban J connectivity index is 1.39. The maximum absolute atomic E-state index is 12.5. The highest BCUT2D eigenvalue weighted by molar-refractivity contribution is 5.92. The van der Waals surface area contributed by atoms with Crippen molar-refractivity contribution in [2.75, 3.05) is 5.32 Å². The molecule has 1 atom stereocenters. The zero-order chi connectivity index (χ0) is 18.6. The summed E-state index contributed by atoms with van der Waals surface area (Å²) < 4.78 is 6.97. The number of nitrogens with zero attached hydrogens (tertiary/aromatic N) is 3. The van der Waals surface area contributed by atoms with Gasteiger partial charge in [-0.3, -0.25) is 9.59 Å². The Kier molecular flexibility index (Phi) is 4.65. The van der Waals surface area contributed by atoms with E-state index in [1.165, 1.54) is 6.33 Å². The van der Waals surface area contributed by atoms with Crippen molar-refractivity contribution in [3.63, 3.8) is 0 Å². The smallest absolute Gasteiger partial charge is 0.311 e. The van der Waals surface area contributed by atoms with Crippen LogP contribution in [0.5, 0.6) is 5.75 Å². The maximum atomic E-state index is 12.5. The van der Waals surface area contributed by atoms with Crippen LogP contribution in [0.1, 0.15) is 29.9 Å². The molecule has 7 heteroatoms. The van der Waals surface area contributed by atoms with Gasteiger partial charge in [0.15, 0.2) is 0 Å². The predicted molar refractivity (Wildman–Crippen MR) is 98.2 cm³/mol. The van der Waals surface area contributed by atoms with Gasteiger partial charge >= 0.3 is 5.97 Å². The zero-order valence-corrected chi connectivity index (χ0v) is 14.5. The molecule has 136 valence electrons. The lowest BCUT2D eigenvalue weighted by Gasteiger charge is -2.23. The van der Waals surface area contributed by atoms with Crippen molar-refractivity contribution in [1.82, 2.24) is 14.8 Å². The number of aromatic nitrogens is 3. The molecule has 0 aliphatic carbocycles. The number of carbonyl (C=O) groups excluding carboxylic acids is 2. The van der Waals surface area contributed by atoms with E-state index in [-0.39, 0.29) is 30.6 Å². The van der Waals surface area contributed by atoms with E-state index >= 15 is 0 Å². The van der Waals surface area contributed by atoms with Crippen LogP contribution in [-0.2, 0) is 16.1 Å². The minimum Gasteiger partial charge on any atom is -0.426 e. The van der Waals surface area contributed by atoms with Gasteiger partial charge in [0.05, 0.1) is 13.0 Å². The van der Waals surface area contributed by atoms with Crippen molar-refractivity contribution in [2.24, 2.45) is 0 Å². The summed E-state index contributed by atoms with van der Waals surface area (Å²) in [4.78, 5) is 28.1. The van der Waals surface area contributed by atoms with Crippen LogP contribution >= 0.6 is 0 Å². The van der Waals surface area contributed by atoms with Gasteiger partial charge < -0.3 is 10.1 Å². The highest BCUT2D eigenvalue weighted by Crippen LogP contribution is 2.36. The molecule has 0 saturated heterocycles. The molecule has 1 amide bonds. The second-order valence-electron chi connectivity index (χ2n) is 6.46. The molecule has 0 saturated carbocycles. The number of benzene rings is 2. The average Bonchev–Trinajstić information content (AvgIpc) is 3.16. The molecular formula is C20H18N4O3. The van der Waals surface area contributed by atoms with Crippen LogP contribution in [0.2, 0.25) is 0 Å². The first-order chi connectivity index (χ1) is 13.2. The molecule has 7 nitrogen and oxygen atoms in total. The first kappa shape index (κ1) is 17.0. The van der Waals surface area contributed by atoms with Gasteiger partial charge in [-0.1, -0.05) is 30.3 Å². The van der Waals surface area contributed by atoms with Gasteiger partial charge in [-0.05, 0) is 29.3 Å². The summed E-state index contributed by atoms with van der Waals surface area (Å²) in [5.41, 5.74) is 2.67. The number of anilines is 1. The van der Waals surface area contributed by atoms with Gasteiger partial charge in [-0.2, -0.15) is 5.10 Å². The minimum atomic E-state index is -0.302. The number of para-hydroxylation sites is 1. The number of esters is 1. The normalized spacial score (nSPS) is 15.7. The Morgan fingerprint density at radius 2 is 2.00 bits per heavy atom. The Morgan fingerprint density at radius 1 is 1.19 bits per heavy atom. The number of rotatable bonds is 5. The fourth-order valence-electron chi connectivity index (χ4n) is 3.20. The summed E-state index contributed by atoms with van der Waals surface area (Å²) in [6.45, 7) is 0.620. The van der Waals surface area contributed by atoms with Crippen molar-refractivity contribution in [1.29, 1.82) is 0 Å². The van der Waals surface area contributed by atoms with Gasteiger partial charge in [0.25, 0.3) is 0 Å². The van der Waals surface area contributed by atoms with E-state index in [4.69, 9.17) is 4.74 Å². The van der Waals surface area contributed by atoms with Gasteiger partial charge in [-0.25, -0.2) is 9.67 Å². The van der Waals surface area contributed by atoms with Gasteiger partial charge in [-0.15, -0.1) is 0 Å². The molecule has 0 bridgehead atoms. The summed E-state index contributed by atoms with van der Waals surface area (Å²) in [5.74, 6) is -0.0597. The largest absolute Gasteiger partial charge is 0.426 e. The highest BCUT2D eigenvalue weighted by atomic mass is 16.5. The first-order valence-corrected chi connectivity index (χ1v) is 8.68. The Bertz CT molecular complexity index is 952. The Labute approximate surface area is 156 Å². The fraction of sp³-hybridized carbons (Fsp3) is 0.200. The van der Waals surface area contributed by atoms with E-state index in [0.29, 0.717) is 18.0 Å². The topological polar surface area (TPSA) is 86.1 Å². The van der Waals surface area contributed by atoms with E-state index in [9.17, 15) is 9.59 Å². The van der Waals surface area contributed by atoms with E-state index in [1.54, 1.807) is 17.1 Å². The van der Waals surface area contributed by atoms with Crippen molar-refractivity contribution in [3.8, 4) is 5.75 Å². The monoisotopic (exact) mass is 362 g/mol. The summed E-state index contributed by atoms with van der Waals surface area (Å²) in [7, 11) is 0. The number of hydrogen-bond acceptors (Lipinski definition) is 5. The van der Waals surface area contributed by atoms with E-state index in [1.807, 2.05) is 42.5 Å². The van der Waals surface area contributed by atoms with Gasteiger partial charge in [0.2, 0.25) is 5.91 Å². The Hall–Kier alpha value is -3.48. The summed E-state index contributed by atoms with van der Waals surface area (Å²) >= 11 is 0. The maximum Gasteiger partial charge on any atom is 0.311 e. The molecule has 0 unspecified atom stereocenters. The molecule has 1 aliphatic heterocycles. The van der Waals surface area contributed by atoms with Crippen LogP contribution in [0.15, 0.2) is 61.2 Å². The van der Waals surface area contributed by atoms with E-state index in [0.717, 1.165) is 11.1 Å². The first-order valence-electron chi connectivity index (χ1n) is 8.68. The molecule has 1 aromatic heterocycles. The van der Waals surface area contributed by atoms with Gasteiger partial charge in [0, 0.05) is 18.0 Å². The summed E-state index contributed by atoms with van der Waals surface area (Å²) in [6.07, 6.45) is 3.59. The molecule has 2 heterocycles. The number of nitrogens with one attached hydrogen (secondary N) is 1. The standard InChI is InChI=1S/C20H18N4O3/c25-19(9-15-10-20(26)27-18-4-2-1-3-17(15)18)23-16-7-5-14(6-8-16)11-24-13-21-12-22-24/h1-8,12-13,15H,9-11H2,(H,23,25)/t15-/m1/s1. The Morgan fingerprint density at radius 3 is 2.78 bits per heavy atom. The lowest BCUT2D eigenvalue weighted by molar-refractivity contribution is -0.136. The molecule has 1 N–H and O–H groups in total. The number of hydrogen-bond donors (Lipinski definition) is 1. The number of amides is 1. The minimum absolute atomic E-state index is 0.131. The molecule has 4 rings (SSSR count).